The highest BCUT2D eigenvalue weighted by Crippen LogP contribution is 2.04. The summed E-state index contributed by atoms with van der Waals surface area (Å²) in [5.74, 6) is -1.18. The second-order valence-corrected chi connectivity index (χ2v) is 2.36. The second-order valence-electron chi connectivity index (χ2n) is 2.36. The SMILES string of the molecule is Cl.Cl.NCCC(F)C[C@H](N)C(=O)O. The summed E-state index contributed by atoms with van der Waals surface area (Å²) < 4.78 is 12.6. The van der Waals surface area contributed by atoms with Crippen LogP contribution >= 0.6 is 24.8 Å². The van der Waals surface area contributed by atoms with Gasteiger partial charge in [0.1, 0.15) is 12.2 Å². The number of carboxylic acids is 1. The number of hydrogen-bond donors (Lipinski definition) is 3. The molecule has 0 aliphatic carbocycles. The van der Waals surface area contributed by atoms with Gasteiger partial charge in [-0.3, -0.25) is 4.79 Å². The zero-order valence-electron chi connectivity index (χ0n) is 6.98. The Morgan fingerprint density at radius 3 is 2.23 bits per heavy atom. The first-order chi connectivity index (χ1) is 5.07. The highest BCUT2D eigenvalue weighted by Gasteiger charge is 2.17. The Morgan fingerprint density at radius 2 is 1.92 bits per heavy atom. The van der Waals surface area contributed by atoms with Gasteiger partial charge in [0.2, 0.25) is 0 Å². The molecule has 13 heavy (non-hydrogen) atoms. The zero-order chi connectivity index (χ0) is 8.85. The van der Waals surface area contributed by atoms with Gasteiger partial charge in [0, 0.05) is 6.42 Å². The van der Waals surface area contributed by atoms with E-state index in [1.807, 2.05) is 0 Å². The molecule has 0 bridgehead atoms. The second kappa shape index (κ2) is 9.98. The fourth-order valence-electron chi connectivity index (χ4n) is 0.675. The lowest BCUT2D eigenvalue weighted by atomic mass is 10.1. The molecule has 7 heteroatoms. The number of alkyl halides is 1. The topological polar surface area (TPSA) is 89.3 Å². The Morgan fingerprint density at radius 1 is 1.46 bits per heavy atom. The largest absolute Gasteiger partial charge is 0.480 e. The Labute approximate surface area is 88.7 Å². The molecule has 0 aliphatic rings. The van der Waals surface area contributed by atoms with Crippen LogP contribution in [-0.4, -0.2) is 29.8 Å². The number of hydrogen-bond acceptors (Lipinski definition) is 3. The molecule has 0 aliphatic heterocycles. The van der Waals surface area contributed by atoms with E-state index >= 15 is 0 Å². The maximum Gasteiger partial charge on any atom is 0.320 e. The normalized spacial score (nSPS) is 13.5. The summed E-state index contributed by atoms with van der Waals surface area (Å²) in [7, 11) is 0. The van der Waals surface area contributed by atoms with Crippen LogP contribution in [0, 0.1) is 0 Å². The van der Waals surface area contributed by atoms with Gasteiger partial charge in [-0.05, 0) is 13.0 Å². The summed E-state index contributed by atoms with van der Waals surface area (Å²) in [4.78, 5) is 10.1. The molecule has 0 rings (SSSR count). The van der Waals surface area contributed by atoms with E-state index in [2.05, 4.69) is 0 Å². The van der Waals surface area contributed by atoms with E-state index in [-0.39, 0.29) is 44.2 Å². The predicted octanol–water partition coefficient (Wildman–Crippen LogP) is 0.319. The van der Waals surface area contributed by atoms with Crippen LogP contribution in [0.2, 0.25) is 0 Å². The summed E-state index contributed by atoms with van der Waals surface area (Å²) in [5.41, 5.74) is 10.1. The smallest absolute Gasteiger partial charge is 0.320 e. The molecule has 0 heterocycles. The van der Waals surface area contributed by atoms with Gasteiger partial charge in [-0.2, -0.15) is 0 Å². The molecule has 0 aromatic carbocycles. The van der Waals surface area contributed by atoms with Crippen molar-refractivity contribution in [1.29, 1.82) is 0 Å². The van der Waals surface area contributed by atoms with Gasteiger partial charge in [0.15, 0.2) is 0 Å². The van der Waals surface area contributed by atoms with Crippen LogP contribution in [0.25, 0.3) is 0 Å². The fourth-order valence-corrected chi connectivity index (χ4v) is 0.675. The van der Waals surface area contributed by atoms with Gasteiger partial charge < -0.3 is 16.6 Å². The minimum Gasteiger partial charge on any atom is -0.480 e. The van der Waals surface area contributed by atoms with E-state index < -0.39 is 18.2 Å². The first-order valence-corrected chi connectivity index (χ1v) is 3.40. The van der Waals surface area contributed by atoms with Crippen LogP contribution in [0.4, 0.5) is 4.39 Å². The Bertz CT molecular complexity index is 140. The first-order valence-electron chi connectivity index (χ1n) is 3.40. The van der Waals surface area contributed by atoms with E-state index in [4.69, 9.17) is 16.6 Å². The minimum atomic E-state index is -1.20. The van der Waals surface area contributed by atoms with Crippen molar-refractivity contribution in [3.63, 3.8) is 0 Å². The van der Waals surface area contributed by atoms with Crippen molar-refractivity contribution in [2.45, 2.75) is 25.1 Å². The summed E-state index contributed by atoms with van der Waals surface area (Å²) in [6, 6.07) is -1.11. The van der Waals surface area contributed by atoms with Crippen LogP contribution in [0.15, 0.2) is 0 Å². The number of aliphatic carboxylic acids is 1. The van der Waals surface area contributed by atoms with Crippen molar-refractivity contribution in [2.75, 3.05) is 6.54 Å². The third-order valence-corrected chi connectivity index (χ3v) is 1.31. The van der Waals surface area contributed by atoms with Crippen molar-refractivity contribution < 1.29 is 14.3 Å². The number of halogens is 3. The van der Waals surface area contributed by atoms with E-state index in [1.165, 1.54) is 0 Å². The Kier molecular flexibility index (Phi) is 14.3. The van der Waals surface area contributed by atoms with E-state index in [0.29, 0.717) is 0 Å². The first kappa shape index (κ1) is 18.6. The van der Waals surface area contributed by atoms with Gasteiger partial charge in [-0.15, -0.1) is 24.8 Å². The maximum atomic E-state index is 12.6. The van der Waals surface area contributed by atoms with Gasteiger partial charge in [-0.1, -0.05) is 0 Å². The van der Waals surface area contributed by atoms with Crippen molar-refractivity contribution in [2.24, 2.45) is 11.5 Å². The summed E-state index contributed by atoms with van der Waals surface area (Å²) >= 11 is 0. The van der Waals surface area contributed by atoms with Crippen molar-refractivity contribution in [1.82, 2.24) is 0 Å². The molecule has 0 aromatic rings. The standard InChI is InChI=1S/C6H13FN2O2.2ClH/c7-4(1-2-8)3-5(9)6(10)11;;/h4-5H,1-3,8-9H2,(H,10,11);2*1H/t4?,5-;;/m0../s1. The van der Waals surface area contributed by atoms with Gasteiger partial charge in [0.05, 0.1) is 0 Å². The lowest BCUT2D eigenvalue weighted by Crippen LogP contribution is -2.33. The third kappa shape index (κ3) is 9.82. The molecule has 2 atom stereocenters. The molecule has 0 fully saturated rings. The molecule has 1 unspecified atom stereocenters. The van der Waals surface area contributed by atoms with Crippen molar-refractivity contribution in [3.8, 4) is 0 Å². The van der Waals surface area contributed by atoms with Crippen LogP contribution in [0.3, 0.4) is 0 Å². The van der Waals surface area contributed by atoms with Gasteiger partial charge in [0.25, 0.3) is 0 Å². The lowest BCUT2D eigenvalue weighted by Gasteiger charge is -2.09. The Hall–Kier alpha value is -0.100. The van der Waals surface area contributed by atoms with Crippen molar-refractivity contribution >= 4 is 30.8 Å². The monoisotopic (exact) mass is 236 g/mol. The highest BCUT2D eigenvalue weighted by molar-refractivity contribution is 5.85. The average molecular weight is 237 g/mol. The van der Waals surface area contributed by atoms with Gasteiger partial charge >= 0.3 is 5.97 Å². The maximum absolute atomic E-state index is 12.6. The van der Waals surface area contributed by atoms with Crippen molar-refractivity contribution in [3.05, 3.63) is 0 Å². The van der Waals surface area contributed by atoms with E-state index in [0.717, 1.165) is 0 Å². The lowest BCUT2D eigenvalue weighted by molar-refractivity contribution is -0.139. The number of rotatable bonds is 5. The minimum absolute atomic E-state index is 0. The molecule has 0 amide bonds. The number of carboxylic acid groups (broad SMARTS) is 1. The highest BCUT2D eigenvalue weighted by atomic mass is 35.5. The fraction of sp³-hybridized carbons (Fsp3) is 0.833. The van der Waals surface area contributed by atoms with Crippen LogP contribution < -0.4 is 11.5 Å². The molecule has 0 saturated heterocycles. The molecular weight excluding hydrogens is 222 g/mol. The molecule has 0 radical (unpaired) electrons. The predicted molar refractivity (Wildman–Crippen MR) is 53.3 cm³/mol. The number of nitrogens with two attached hydrogens (primary N) is 2. The molecule has 0 saturated carbocycles. The number of carbonyl (C=O) groups is 1. The van der Waals surface area contributed by atoms with Crippen LogP contribution in [0.5, 0.6) is 0 Å². The molecule has 82 valence electrons. The molecule has 5 N–H and O–H groups in total. The van der Waals surface area contributed by atoms with E-state index in [9.17, 15) is 9.18 Å². The zero-order valence-corrected chi connectivity index (χ0v) is 8.61. The van der Waals surface area contributed by atoms with Gasteiger partial charge in [-0.25, -0.2) is 4.39 Å². The quantitative estimate of drug-likeness (QED) is 0.642. The molecule has 4 nitrogen and oxygen atoms in total. The molecular formula is C6H15Cl2FN2O2. The molecule has 0 aromatic heterocycles. The summed E-state index contributed by atoms with van der Waals surface area (Å²) in [5, 5.41) is 8.28. The van der Waals surface area contributed by atoms with Crippen LogP contribution in [0.1, 0.15) is 12.8 Å². The summed E-state index contributed by atoms with van der Waals surface area (Å²) in [6.45, 7) is 0.216. The van der Waals surface area contributed by atoms with E-state index in [1.54, 1.807) is 0 Å². The molecule has 0 spiro atoms. The Balaban J connectivity index is -0.000000500. The van der Waals surface area contributed by atoms with Crippen LogP contribution in [-0.2, 0) is 4.79 Å². The average Bonchev–Trinajstić information content (AvgIpc) is 1.87. The summed E-state index contributed by atoms with van der Waals surface area (Å²) in [6.07, 6.45) is -1.20. The third-order valence-electron chi connectivity index (χ3n) is 1.31.